The van der Waals surface area contributed by atoms with Gasteiger partial charge < -0.3 is 23.8 Å². The van der Waals surface area contributed by atoms with Gasteiger partial charge in [-0.2, -0.15) is 0 Å². The predicted molar refractivity (Wildman–Crippen MR) is 102 cm³/mol. The first-order valence-corrected chi connectivity index (χ1v) is 9.00. The van der Waals surface area contributed by atoms with Crippen LogP contribution in [0.1, 0.15) is 16.8 Å². The average molecular weight is 403 g/mol. The largest absolute Gasteiger partial charge is 0.497 e. The van der Waals surface area contributed by atoms with Crippen LogP contribution in [0.3, 0.4) is 0 Å². The maximum Gasteiger partial charge on any atom is 0.328 e. The van der Waals surface area contributed by atoms with Gasteiger partial charge in [0.25, 0.3) is 5.91 Å². The van der Waals surface area contributed by atoms with Gasteiger partial charge in [0.1, 0.15) is 23.6 Å². The summed E-state index contributed by atoms with van der Waals surface area (Å²) in [7, 11) is 4.20. The van der Waals surface area contributed by atoms with Crippen molar-refractivity contribution in [3.05, 3.63) is 53.8 Å². The molecule has 8 heteroatoms. The highest BCUT2D eigenvalue weighted by Crippen LogP contribution is 2.31. The summed E-state index contributed by atoms with van der Waals surface area (Å²) in [6.45, 7) is 0.0993. The van der Waals surface area contributed by atoms with Crippen LogP contribution in [0.2, 0.25) is 0 Å². The monoisotopic (exact) mass is 403 g/mol. The fourth-order valence-corrected chi connectivity index (χ4v) is 3.32. The summed E-state index contributed by atoms with van der Waals surface area (Å²) in [6, 6.07) is 9.93. The lowest BCUT2D eigenvalue weighted by atomic mass is 10.1. The number of benzene rings is 2. The smallest absolute Gasteiger partial charge is 0.328 e. The highest BCUT2D eigenvalue weighted by atomic mass is 19.1. The molecule has 1 fully saturated rings. The number of esters is 1. The Morgan fingerprint density at radius 2 is 1.79 bits per heavy atom. The van der Waals surface area contributed by atoms with E-state index in [1.165, 1.54) is 38.4 Å². The zero-order valence-corrected chi connectivity index (χ0v) is 16.4. The molecule has 0 spiro atoms. The Bertz CT molecular complexity index is 902. The number of methoxy groups -OCH3 is 3. The van der Waals surface area contributed by atoms with E-state index in [2.05, 4.69) is 0 Å². The summed E-state index contributed by atoms with van der Waals surface area (Å²) in [5.74, 6) is -0.576. The highest BCUT2D eigenvalue weighted by molar-refractivity contribution is 5.99. The molecule has 7 nitrogen and oxygen atoms in total. The van der Waals surface area contributed by atoms with Gasteiger partial charge in [0.15, 0.2) is 11.6 Å². The third-order valence-electron chi connectivity index (χ3n) is 4.77. The maximum atomic E-state index is 13.9. The van der Waals surface area contributed by atoms with Crippen LogP contribution in [0, 0.1) is 5.82 Å². The molecule has 0 N–H and O–H groups in total. The van der Waals surface area contributed by atoms with Crippen LogP contribution in [-0.4, -0.2) is 56.8 Å². The molecule has 1 aliphatic heterocycles. The number of hydrogen-bond donors (Lipinski definition) is 0. The molecule has 0 bridgehead atoms. The van der Waals surface area contributed by atoms with E-state index in [1.807, 2.05) is 0 Å². The summed E-state index contributed by atoms with van der Waals surface area (Å²) in [5, 5.41) is 0. The Morgan fingerprint density at radius 1 is 1.03 bits per heavy atom. The van der Waals surface area contributed by atoms with Gasteiger partial charge in [-0.25, -0.2) is 9.18 Å². The first kappa shape index (κ1) is 20.4. The van der Waals surface area contributed by atoms with Crippen molar-refractivity contribution < 1.29 is 32.9 Å². The molecule has 0 aromatic heterocycles. The zero-order valence-electron chi connectivity index (χ0n) is 16.4. The lowest BCUT2D eigenvalue weighted by molar-refractivity contribution is -0.145. The number of hydrogen-bond acceptors (Lipinski definition) is 6. The molecule has 154 valence electrons. The Labute approximate surface area is 167 Å². The fraction of sp³-hybridized carbons (Fsp3) is 0.333. The topological polar surface area (TPSA) is 74.3 Å². The van der Waals surface area contributed by atoms with E-state index in [1.54, 1.807) is 30.3 Å². The summed E-state index contributed by atoms with van der Waals surface area (Å²) < 4.78 is 35.0. The highest BCUT2D eigenvalue weighted by Gasteiger charge is 2.42. The van der Waals surface area contributed by atoms with Gasteiger partial charge in [-0.1, -0.05) is 12.1 Å². The van der Waals surface area contributed by atoms with Crippen LogP contribution >= 0.6 is 0 Å². The van der Waals surface area contributed by atoms with E-state index in [4.69, 9.17) is 18.9 Å². The van der Waals surface area contributed by atoms with Crippen molar-refractivity contribution in [2.75, 3.05) is 27.9 Å². The minimum absolute atomic E-state index is 0.0671. The Hall–Kier alpha value is -3.29. The van der Waals surface area contributed by atoms with Crippen molar-refractivity contribution in [1.29, 1.82) is 0 Å². The van der Waals surface area contributed by atoms with Crippen molar-refractivity contribution in [2.45, 2.75) is 18.6 Å². The molecule has 2 unspecified atom stereocenters. The molecule has 1 heterocycles. The second-order valence-electron chi connectivity index (χ2n) is 6.47. The van der Waals surface area contributed by atoms with Gasteiger partial charge in [0, 0.05) is 12.5 Å². The summed E-state index contributed by atoms with van der Waals surface area (Å²) in [6.07, 6.45) is -0.380. The number of ether oxygens (including phenoxy) is 4. The molecule has 2 atom stereocenters. The molecule has 3 rings (SSSR count). The zero-order chi connectivity index (χ0) is 21.0. The number of carbonyl (C=O) groups excluding carboxylic acids is 2. The number of carbonyl (C=O) groups is 2. The van der Waals surface area contributed by atoms with E-state index in [-0.39, 0.29) is 24.3 Å². The first-order valence-electron chi connectivity index (χ1n) is 9.00. The van der Waals surface area contributed by atoms with E-state index >= 15 is 0 Å². The number of para-hydroxylation sites is 1. The third-order valence-corrected chi connectivity index (χ3v) is 4.77. The van der Waals surface area contributed by atoms with E-state index in [0.29, 0.717) is 11.5 Å². The average Bonchev–Trinajstić information content (AvgIpc) is 3.17. The molecule has 0 saturated carbocycles. The van der Waals surface area contributed by atoms with Crippen LogP contribution in [0.5, 0.6) is 17.2 Å². The molecule has 0 aliphatic carbocycles. The Morgan fingerprint density at radius 3 is 2.45 bits per heavy atom. The number of rotatable bonds is 6. The summed E-state index contributed by atoms with van der Waals surface area (Å²) in [5.41, 5.74) is 0.272. The molecule has 2 aromatic rings. The van der Waals surface area contributed by atoms with Crippen LogP contribution in [0.4, 0.5) is 4.39 Å². The van der Waals surface area contributed by atoms with Crippen LogP contribution in [-0.2, 0) is 9.53 Å². The van der Waals surface area contributed by atoms with Crippen molar-refractivity contribution >= 4 is 11.9 Å². The van der Waals surface area contributed by atoms with E-state index in [9.17, 15) is 14.0 Å². The predicted octanol–water partition coefficient (Wildman–Crippen LogP) is 2.68. The van der Waals surface area contributed by atoms with Crippen molar-refractivity contribution in [3.63, 3.8) is 0 Å². The fourth-order valence-electron chi connectivity index (χ4n) is 3.32. The SMILES string of the molecule is COC(=O)C1CC(Oc2ccccc2F)CN1C(=O)c1ccc(OC)cc1OC. The molecule has 0 radical (unpaired) electrons. The maximum absolute atomic E-state index is 13.9. The molecule has 1 saturated heterocycles. The minimum Gasteiger partial charge on any atom is -0.497 e. The molecule has 1 aliphatic rings. The number of amides is 1. The second kappa shape index (κ2) is 8.81. The van der Waals surface area contributed by atoms with Gasteiger partial charge in [0.2, 0.25) is 0 Å². The summed E-state index contributed by atoms with van der Waals surface area (Å²) >= 11 is 0. The summed E-state index contributed by atoms with van der Waals surface area (Å²) in [4.78, 5) is 26.8. The van der Waals surface area contributed by atoms with Crippen molar-refractivity contribution in [1.82, 2.24) is 4.90 Å². The second-order valence-corrected chi connectivity index (χ2v) is 6.47. The molecule has 1 amide bonds. The lowest BCUT2D eigenvalue weighted by Crippen LogP contribution is -2.41. The van der Waals surface area contributed by atoms with Crippen molar-refractivity contribution in [3.8, 4) is 17.2 Å². The molecule has 2 aromatic carbocycles. The molecular weight excluding hydrogens is 381 g/mol. The quantitative estimate of drug-likeness (QED) is 0.691. The molecule has 29 heavy (non-hydrogen) atoms. The van der Waals surface area contributed by atoms with Gasteiger partial charge in [-0.05, 0) is 24.3 Å². The first-order chi connectivity index (χ1) is 14.0. The minimum atomic E-state index is -0.851. The number of likely N-dealkylation sites (tertiary alicyclic amines) is 1. The van der Waals surface area contributed by atoms with Gasteiger partial charge in [-0.15, -0.1) is 0 Å². The third kappa shape index (κ3) is 4.26. The normalized spacial score (nSPS) is 18.3. The van der Waals surface area contributed by atoms with Gasteiger partial charge in [-0.3, -0.25) is 4.79 Å². The number of nitrogens with zero attached hydrogens (tertiary/aromatic N) is 1. The van der Waals surface area contributed by atoms with Crippen molar-refractivity contribution in [2.24, 2.45) is 0 Å². The van der Waals surface area contributed by atoms with E-state index < -0.39 is 29.8 Å². The molecular formula is C21H22FNO6. The standard InChI is InChI=1S/C21H22FNO6/c1-26-13-8-9-15(19(11-13)27-2)20(24)23-12-14(10-17(23)21(25)28-3)29-18-7-5-4-6-16(18)22/h4-9,11,14,17H,10,12H2,1-3H3. The number of halogens is 1. The Balaban J connectivity index is 1.86. The van der Waals surface area contributed by atoms with Crippen LogP contribution in [0.25, 0.3) is 0 Å². The van der Waals surface area contributed by atoms with E-state index in [0.717, 1.165) is 0 Å². The lowest BCUT2D eigenvalue weighted by Gasteiger charge is -2.23. The van der Waals surface area contributed by atoms with Crippen LogP contribution < -0.4 is 14.2 Å². The van der Waals surface area contributed by atoms with Gasteiger partial charge >= 0.3 is 5.97 Å². The Kier molecular flexibility index (Phi) is 6.21. The van der Waals surface area contributed by atoms with Gasteiger partial charge in [0.05, 0.1) is 33.4 Å². The van der Waals surface area contributed by atoms with Crippen LogP contribution in [0.15, 0.2) is 42.5 Å².